The molecule has 0 heterocycles. The van der Waals surface area contributed by atoms with Gasteiger partial charge in [0.1, 0.15) is 0 Å². The first kappa shape index (κ1) is 12.2. The third-order valence-corrected chi connectivity index (χ3v) is 2.58. The lowest BCUT2D eigenvalue weighted by molar-refractivity contribution is 0.0731. The summed E-state index contributed by atoms with van der Waals surface area (Å²) >= 11 is 5.86. The van der Waals surface area contributed by atoms with Gasteiger partial charge in [0.05, 0.1) is 6.61 Å². The average molecular weight is 193 g/mol. The Labute approximate surface area is 81.4 Å². The highest BCUT2D eigenvalue weighted by Crippen LogP contribution is 2.34. The fourth-order valence-electron chi connectivity index (χ4n) is 1.78. The van der Waals surface area contributed by atoms with E-state index >= 15 is 0 Å². The van der Waals surface area contributed by atoms with Gasteiger partial charge in [-0.2, -0.15) is 0 Å². The van der Waals surface area contributed by atoms with Crippen LogP contribution in [0.5, 0.6) is 0 Å². The van der Waals surface area contributed by atoms with Crippen molar-refractivity contribution < 1.29 is 4.74 Å². The Bertz CT molecular complexity index is 130. The van der Waals surface area contributed by atoms with Crippen LogP contribution >= 0.6 is 11.6 Å². The van der Waals surface area contributed by atoms with Gasteiger partial charge in [0.2, 0.25) is 0 Å². The van der Waals surface area contributed by atoms with Crippen LogP contribution in [0.4, 0.5) is 0 Å². The summed E-state index contributed by atoms with van der Waals surface area (Å²) < 4.78 is 5.15. The molecule has 0 bridgehead atoms. The second-order valence-corrected chi connectivity index (χ2v) is 5.34. The third-order valence-electron chi connectivity index (χ3n) is 1.85. The predicted molar refractivity (Wildman–Crippen MR) is 54.8 cm³/mol. The molecule has 0 aliphatic heterocycles. The molecule has 0 saturated heterocycles. The van der Waals surface area contributed by atoms with E-state index in [0.717, 1.165) is 13.0 Å². The van der Waals surface area contributed by atoms with E-state index in [4.69, 9.17) is 16.3 Å². The summed E-state index contributed by atoms with van der Waals surface area (Å²) in [7, 11) is 1.75. The van der Waals surface area contributed by atoms with Crippen molar-refractivity contribution in [2.75, 3.05) is 19.6 Å². The minimum atomic E-state index is 0.212. The standard InChI is InChI=1S/C10H21ClO/c1-9(2,7-11)6-10(3,4)8-12-5/h6-8H2,1-5H3. The van der Waals surface area contributed by atoms with E-state index < -0.39 is 0 Å². The fourth-order valence-corrected chi connectivity index (χ4v) is 1.88. The molecule has 12 heavy (non-hydrogen) atoms. The molecule has 0 fully saturated rings. The van der Waals surface area contributed by atoms with Crippen molar-refractivity contribution in [3.05, 3.63) is 0 Å². The molecule has 0 amide bonds. The van der Waals surface area contributed by atoms with Crippen molar-refractivity contribution in [2.45, 2.75) is 34.1 Å². The Morgan fingerprint density at radius 2 is 1.58 bits per heavy atom. The molecule has 0 spiro atoms. The lowest BCUT2D eigenvalue weighted by Crippen LogP contribution is -2.28. The molecule has 0 saturated carbocycles. The summed E-state index contributed by atoms with van der Waals surface area (Å²) in [6.07, 6.45) is 1.09. The van der Waals surface area contributed by atoms with E-state index in [-0.39, 0.29) is 10.8 Å². The zero-order chi connectivity index (χ0) is 9.83. The van der Waals surface area contributed by atoms with E-state index in [1.165, 1.54) is 0 Å². The zero-order valence-corrected chi connectivity index (χ0v) is 9.66. The van der Waals surface area contributed by atoms with Crippen LogP contribution < -0.4 is 0 Å². The summed E-state index contributed by atoms with van der Waals surface area (Å²) in [5.74, 6) is 0.708. The maximum absolute atomic E-state index is 5.86. The largest absolute Gasteiger partial charge is 0.384 e. The Hall–Kier alpha value is 0.250. The van der Waals surface area contributed by atoms with Crippen molar-refractivity contribution in [1.82, 2.24) is 0 Å². The van der Waals surface area contributed by atoms with Gasteiger partial charge in [-0.15, -0.1) is 11.6 Å². The normalized spacial score (nSPS) is 13.5. The van der Waals surface area contributed by atoms with Crippen LogP contribution in [0.3, 0.4) is 0 Å². The lowest BCUT2D eigenvalue weighted by Gasteiger charge is -2.33. The highest BCUT2D eigenvalue weighted by atomic mass is 35.5. The topological polar surface area (TPSA) is 9.23 Å². The van der Waals surface area contributed by atoms with Gasteiger partial charge in [0.15, 0.2) is 0 Å². The molecule has 0 aromatic heterocycles. The Kier molecular flexibility index (Phi) is 4.57. The SMILES string of the molecule is COCC(C)(C)CC(C)(C)CCl. The van der Waals surface area contributed by atoms with Gasteiger partial charge < -0.3 is 4.74 Å². The van der Waals surface area contributed by atoms with E-state index in [9.17, 15) is 0 Å². The molecular weight excluding hydrogens is 172 g/mol. The van der Waals surface area contributed by atoms with E-state index in [1.807, 2.05) is 0 Å². The molecule has 0 aliphatic rings. The first-order valence-electron chi connectivity index (χ1n) is 4.38. The second kappa shape index (κ2) is 4.48. The second-order valence-electron chi connectivity index (χ2n) is 5.07. The number of halogens is 1. The predicted octanol–water partition coefficient (Wildman–Crippen LogP) is 3.31. The maximum atomic E-state index is 5.86. The van der Waals surface area contributed by atoms with Crippen LogP contribution in [0, 0.1) is 10.8 Å². The van der Waals surface area contributed by atoms with Crippen LogP contribution in [-0.4, -0.2) is 19.6 Å². The number of rotatable bonds is 5. The average Bonchev–Trinajstić information content (AvgIpc) is 1.85. The van der Waals surface area contributed by atoms with E-state index in [2.05, 4.69) is 27.7 Å². The Balaban J connectivity index is 4.04. The molecule has 0 unspecified atom stereocenters. The van der Waals surface area contributed by atoms with E-state index in [0.29, 0.717) is 5.88 Å². The van der Waals surface area contributed by atoms with Crippen molar-refractivity contribution in [3.8, 4) is 0 Å². The van der Waals surface area contributed by atoms with Crippen LogP contribution in [-0.2, 0) is 4.74 Å². The van der Waals surface area contributed by atoms with Gasteiger partial charge in [-0.1, -0.05) is 27.7 Å². The summed E-state index contributed by atoms with van der Waals surface area (Å²) in [5, 5.41) is 0. The van der Waals surface area contributed by atoms with Gasteiger partial charge in [-0.05, 0) is 17.3 Å². The molecule has 0 aliphatic carbocycles. The smallest absolute Gasteiger partial charge is 0.0513 e. The minimum Gasteiger partial charge on any atom is -0.384 e. The first-order valence-corrected chi connectivity index (χ1v) is 4.91. The van der Waals surface area contributed by atoms with Crippen LogP contribution in [0.1, 0.15) is 34.1 Å². The van der Waals surface area contributed by atoms with Gasteiger partial charge in [-0.25, -0.2) is 0 Å². The maximum Gasteiger partial charge on any atom is 0.0513 e. The van der Waals surface area contributed by atoms with Crippen LogP contribution in [0.25, 0.3) is 0 Å². The van der Waals surface area contributed by atoms with Crippen LogP contribution in [0.15, 0.2) is 0 Å². The van der Waals surface area contributed by atoms with E-state index in [1.54, 1.807) is 7.11 Å². The molecule has 1 nitrogen and oxygen atoms in total. The lowest BCUT2D eigenvalue weighted by atomic mass is 9.77. The quantitative estimate of drug-likeness (QED) is 0.608. The van der Waals surface area contributed by atoms with Crippen molar-refractivity contribution >= 4 is 11.6 Å². The van der Waals surface area contributed by atoms with Crippen LogP contribution in [0.2, 0.25) is 0 Å². The molecule has 2 heteroatoms. The first-order chi connectivity index (χ1) is 5.33. The molecule has 0 radical (unpaired) electrons. The summed E-state index contributed by atoms with van der Waals surface area (Å²) in [4.78, 5) is 0. The van der Waals surface area contributed by atoms with Gasteiger partial charge in [0, 0.05) is 13.0 Å². The highest BCUT2D eigenvalue weighted by Gasteiger charge is 2.27. The van der Waals surface area contributed by atoms with Crippen molar-refractivity contribution in [1.29, 1.82) is 0 Å². The summed E-state index contributed by atoms with van der Waals surface area (Å²) in [5.41, 5.74) is 0.441. The molecule has 0 atom stereocenters. The van der Waals surface area contributed by atoms with Gasteiger partial charge >= 0.3 is 0 Å². The summed E-state index contributed by atoms with van der Waals surface area (Å²) in [6, 6.07) is 0. The summed E-state index contributed by atoms with van der Waals surface area (Å²) in [6.45, 7) is 9.61. The minimum absolute atomic E-state index is 0.212. The Morgan fingerprint density at radius 1 is 1.08 bits per heavy atom. The molecule has 0 rings (SSSR count). The zero-order valence-electron chi connectivity index (χ0n) is 8.91. The Morgan fingerprint density at radius 3 is 1.92 bits per heavy atom. The number of hydrogen-bond acceptors (Lipinski definition) is 1. The molecule has 0 aromatic rings. The number of hydrogen-bond donors (Lipinski definition) is 0. The number of methoxy groups -OCH3 is 1. The molecular formula is C10H21ClO. The third kappa shape index (κ3) is 5.00. The van der Waals surface area contributed by atoms with Crippen molar-refractivity contribution in [3.63, 3.8) is 0 Å². The molecule has 0 aromatic carbocycles. The van der Waals surface area contributed by atoms with Crippen molar-refractivity contribution in [2.24, 2.45) is 10.8 Å². The van der Waals surface area contributed by atoms with Gasteiger partial charge in [0.25, 0.3) is 0 Å². The molecule has 74 valence electrons. The highest BCUT2D eigenvalue weighted by molar-refractivity contribution is 6.18. The fraction of sp³-hybridized carbons (Fsp3) is 1.00. The molecule has 0 N–H and O–H groups in total. The number of ether oxygens (including phenoxy) is 1. The van der Waals surface area contributed by atoms with Gasteiger partial charge in [-0.3, -0.25) is 0 Å². The number of alkyl halides is 1. The monoisotopic (exact) mass is 192 g/mol.